The molecule has 1 unspecified atom stereocenters. The number of nitrogens with zero attached hydrogens (tertiary/aromatic N) is 4. The molecular formula is C25H30FN5O2S. The molecule has 0 radical (unpaired) electrons. The van der Waals surface area contributed by atoms with Crippen molar-refractivity contribution in [3.05, 3.63) is 60.2 Å². The number of thioether (sulfide) groups is 1. The van der Waals surface area contributed by atoms with Crippen LogP contribution in [0.25, 0.3) is 5.69 Å². The first kappa shape index (κ1) is 24.2. The van der Waals surface area contributed by atoms with E-state index in [1.807, 2.05) is 35.8 Å². The van der Waals surface area contributed by atoms with Gasteiger partial charge in [-0.25, -0.2) is 4.39 Å². The van der Waals surface area contributed by atoms with Crippen molar-refractivity contribution < 1.29 is 13.9 Å². The fourth-order valence-corrected chi connectivity index (χ4v) is 4.83. The molecule has 1 atom stereocenters. The van der Waals surface area contributed by atoms with Gasteiger partial charge in [0.25, 0.3) is 0 Å². The fraction of sp³-hybridized carbons (Fsp3) is 0.400. The van der Waals surface area contributed by atoms with Crippen molar-refractivity contribution in [2.24, 2.45) is 0 Å². The Labute approximate surface area is 203 Å². The smallest absolute Gasteiger partial charge is 0.234 e. The average Bonchev–Trinajstić information content (AvgIpc) is 3.28. The van der Waals surface area contributed by atoms with E-state index in [1.54, 1.807) is 12.1 Å². The van der Waals surface area contributed by atoms with Gasteiger partial charge in [-0.3, -0.25) is 14.3 Å². The van der Waals surface area contributed by atoms with Gasteiger partial charge in [-0.2, -0.15) is 0 Å². The molecule has 3 aromatic rings. The normalized spacial score (nSPS) is 15.1. The molecule has 180 valence electrons. The minimum atomic E-state index is -0.300. The summed E-state index contributed by atoms with van der Waals surface area (Å²) in [5, 5.41) is 12.4. The maximum Gasteiger partial charge on any atom is 0.234 e. The molecule has 1 fully saturated rings. The van der Waals surface area contributed by atoms with Gasteiger partial charge >= 0.3 is 0 Å². The highest BCUT2D eigenvalue weighted by Crippen LogP contribution is 2.29. The highest BCUT2D eigenvalue weighted by Gasteiger charge is 2.25. The molecule has 1 amide bonds. The van der Waals surface area contributed by atoms with Gasteiger partial charge in [-0.05, 0) is 88.3 Å². The number of piperidine rings is 1. The Balaban J connectivity index is 1.49. The van der Waals surface area contributed by atoms with Gasteiger partial charge in [0, 0.05) is 11.4 Å². The summed E-state index contributed by atoms with van der Waals surface area (Å²) in [5.41, 5.74) is 1.48. The fourth-order valence-electron chi connectivity index (χ4n) is 4.08. The molecule has 1 N–H and O–H groups in total. The summed E-state index contributed by atoms with van der Waals surface area (Å²) in [6, 6.07) is 13.6. The number of benzene rings is 2. The quantitative estimate of drug-likeness (QED) is 0.428. The number of hydrogen-bond donors (Lipinski definition) is 1. The number of rotatable bonds is 9. The molecule has 4 rings (SSSR count). The van der Waals surface area contributed by atoms with E-state index in [1.165, 1.54) is 43.2 Å². The van der Waals surface area contributed by atoms with Gasteiger partial charge in [0.15, 0.2) is 11.0 Å². The second-order valence-electron chi connectivity index (χ2n) is 8.22. The zero-order valence-corrected chi connectivity index (χ0v) is 20.4. The van der Waals surface area contributed by atoms with Crippen molar-refractivity contribution in [2.45, 2.75) is 44.3 Å². The molecule has 1 aliphatic rings. The maximum atomic E-state index is 13.6. The molecule has 0 aliphatic carbocycles. The molecule has 1 aliphatic heterocycles. The van der Waals surface area contributed by atoms with E-state index in [9.17, 15) is 9.18 Å². The van der Waals surface area contributed by atoms with Crippen molar-refractivity contribution in [3.8, 4) is 11.4 Å². The summed E-state index contributed by atoms with van der Waals surface area (Å²) in [6.07, 6.45) is 3.59. The van der Waals surface area contributed by atoms with Crippen LogP contribution in [0.3, 0.4) is 0 Å². The summed E-state index contributed by atoms with van der Waals surface area (Å²) >= 11 is 1.31. The van der Waals surface area contributed by atoms with E-state index in [0.29, 0.717) is 17.5 Å². The summed E-state index contributed by atoms with van der Waals surface area (Å²) in [7, 11) is 0. The van der Waals surface area contributed by atoms with Crippen LogP contribution in [0.5, 0.6) is 5.75 Å². The molecular weight excluding hydrogens is 453 g/mol. The number of halogens is 1. The molecule has 1 saturated heterocycles. The molecule has 7 nitrogen and oxygen atoms in total. The topological polar surface area (TPSA) is 72.3 Å². The Hall–Kier alpha value is -2.91. The van der Waals surface area contributed by atoms with E-state index in [4.69, 9.17) is 4.74 Å². The molecule has 2 aromatic carbocycles. The van der Waals surface area contributed by atoms with Gasteiger partial charge in [0.05, 0.1) is 18.4 Å². The number of likely N-dealkylation sites (tertiary alicyclic amines) is 1. The van der Waals surface area contributed by atoms with Gasteiger partial charge in [-0.15, -0.1) is 10.2 Å². The lowest BCUT2D eigenvalue weighted by Gasteiger charge is -2.31. The van der Waals surface area contributed by atoms with Crippen molar-refractivity contribution in [2.75, 3.05) is 30.8 Å². The van der Waals surface area contributed by atoms with Gasteiger partial charge < -0.3 is 10.1 Å². The Morgan fingerprint density at radius 1 is 1.09 bits per heavy atom. The van der Waals surface area contributed by atoms with Gasteiger partial charge in [-0.1, -0.05) is 18.2 Å². The Bertz CT molecular complexity index is 1080. The summed E-state index contributed by atoms with van der Waals surface area (Å²) < 4.78 is 21.0. The monoisotopic (exact) mass is 483 g/mol. The number of carbonyl (C=O) groups excluding carboxylic acids is 1. The summed E-state index contributed by atoms with van der Waals surface area (Å²) in [5.74, 6) is 1.28. The summed E-state index contributed by atoms with van der Waals surface area (Å²) in [4.78, 5) is 15.0. The van der Waals surface area contributed by atoms with Crippen LogP contribution < -0.4 is 10.1 Å². The maximum absolute atomic E-state index is 13.6. The third-order valence-corrected chi connectivity index (χ3v) is 6.77. The van der Waals surface area contributed by atoms with Crippen LogP contribution in [0.4, 0.5) is 10.1 Å². The Morgan fingerprint density at radius 3 is 2.47 bits per heavy atom. The predicted octanol–water partition coefficient (Wildman–Crippen LogP) is 5.08. The zero-order chi connectivity index (χ0) is 23.9. The van der Waals surface area contributed by atoms with Crippen LogP contribution in [-0.2, 0) is 4.79 Å². The summed E-state index contributed by atoms with van der Waals surface area (Å²) in [6.45, 7) is 6.68. The minimum Gasteiger partial charge on any atom is -0.494 e. The first-order valence-electron chi connectivity index (χ1n) is 11.7. The second kappa shape index (κ2) is 11.5. The number of nitrogens with one attached hydrogen (secondary N) is 1. The van der Waals surface area contributed by atoms with Gasteiger partial charge in [0.2, 0.25) is 5.91 Å². The van der Waals surface area contributed by atoms with E-state index in [0.717, 1.165) is 30.4 Å². The molecule has 0 spiro atoms. The first-order chi connectivity index (χ1) is 16.5. The van der Waals surface area contributed by atoms with Crippen LogP contribution in [0.2, 0.25) is 0 Å². The van der Waals surface area contributed by atoms with Gasteiger partial charge in [0.1, 0.15) is 11.6 Å². The Kier molecular flexibility index (Phi) is 8.18. The third-order valence-electron chi connectivity index (χ3n) is 5.84. The van der Waals surface area contributed by atoms with E-state index < -0.39 is 0 Å². The SMILES string of the molecule is CCOc1ccc(NC(=O)CSc2nnc(C(C)N3CCCCC3)n2-c2ccc(F)cc2)cc1. The number of carbonyl (C=O) groups is 1. The lowest BCUT2D eigenvalue weighted by molar-refractivity contribution is -0.113. The second-order valence-corrected chi connectivity index (χ2v) is 9.16. The molecule has 0 bridgehead atoms. The number of hydrogen-bond acceptors (Lipinski definition) is 6. The van der Waals surface area contributed by atoms with Crippen molar-refractivity contribution in [1.29, 1.82) is 0 Å². The standard InChI is InChI=1S/C25H30FN5O2S/c1-3-33-22-13-9-20(10-14-22)27-23(32)17-34-25-29-28-24(18(2)30-15-5-4-6-16-30)31(25)21-11-7-19(26)8-12-21/h7-14,18H,3-6,15-17H2,1-2H3,(H,27,32). The van der Waals surface area contributed by atoms with Crippen LogP contribution in [-0.4, -0.2) is 51.0 Å². The van der Waals surface area contributed by atoms with Crippen LogP contribution >= 0.6 is 11.8 Å². The van der Waals surface area contributed by atoms with Crippen molar-refractivity contribution in [1.82, 2.24) is 19.7 Å². The van der Waals surface area contributed by atoms with E-state index in [-0.39, 0.29) is 23.5 Å². The average molecular weight is 484 g/mol. The number of anilines is 1. The zero-order valence-electron chi connectivity index (χ0n) is 19.5. The third kappa shape index (κ3) is 5.95. The largest absolute Gasteiger partial charge is 0.494 e. The van der Waals surface area contributed by atoms with E-state index in [2.05, 4.69) is 27.3 Å². The molecule has 2 heterocycles. The Morgan fingerprint density at radius 2 is 1.79 bits per heavy atom. The van der Waals surface area contributed by atoms with E-state index >= 15 is 0 Å². The van der Waals surface area contributed by atoms with Crippen molar-refractivity contribution >= 4 is 23.4 Å². The molecule has 9 heteroatoms. The molecule has 1 aromatic heterocycles. The first-order valence-corrected chi connectivity index (χ1v) is 12.6. The van der Waals surface area contributed by atoms with Crippen LogP contribution in [0.15, 0.2) is 53.7 Å². The number of ether oxygens (including phenoxy) is 1. The minimum absolute atomic E-state index is 0.0601. The lowest BCUT2D eigenvalue weighted by atomic mass is 10.1. The lowest BCUT2D eigenvalue weighted by Crippen LogP contribution is -2.33. The number of aromatic nitrogens is 3. The highest BCUT2D eigenvalue weighted by atomic mass is 32.2. The van der Waals surface area contributed by atoms with Crippen LogP contribution in [0.1, 0.15) is 45.0 Å². The molecule has 34 heavy (non-hydrogen) atoms. The van der Waals surface area contributed by atoms with Crippen LogP contribution in [0, 0.1) is 5.82 Å². The molecule has 0 saturated carbocycles. The predicted molar refractivity (Wildman–Crippen MR) is 132 cm³/mol. The number of amides is 1. The highest BCUT2D eigenvalue weighted by molar-refractivity contribution is 7.99. The van der Waals surface area contributed by atoms with Crippen molar-refractivity contribution in [3.63, 3.8) is 0 Å².